The van der Waals surface area contributed by atoms with Crippen LogP contribution in [-0.2, 0) is 39.5 Å². The van der Waals surface area contributed by atoms with Gasteiger partial charge in [0, 0.05) is 13.1 Å². The van der Waals surface area contributed by atoms with Crippen molar-refractivity contribution in [2.75, 3.05) is 26.2 Å². The minimum Gasteiger partial charge on any atom is -0.443 e. The van der Waals surface area contributed by atoms with E-state index in [0.29, 0.717) is 8.61 Å². The van der Waals surface area contributed by atoms with Gasteiger partial charge in [-0.15, -0.1) is 0 Å². The molecule has 0 atom stereocenters. The zero-order chi connectivity index (χ0) is 41.4. The van der Waals surface area contributed by atoms with E-state index < -0.39 is 66.5 Å². The quantitative estimate of drug-likeness (QED) is 0.155. The van der Waals surface area contributed by atoms with Gasteiger partial charge in [0.05, 0.1) is 27.8 Å². The van der Waals surface area contributed by atoms with Gasteiger partial charge in [0.1, 0.15) is 11.2 Å². The third kappa shape index (κ3) is 12.8. The first-order chi connectivity index (χ1) is 25.3. The molecule has 2 amide bonds. The van der Waals surface area contributed by atoms with E-state index in [1.807, 2.05) is 6.92 Å². The van der Waals surface area contributed by atoms with Gasteiger partial charge in [0.2, 0.25) is 10.0 Å². The number of carbonyl (C=O) groups excluding carboxylic acids is 2. The van der Waals surface area contributed by atoms with Crippen LogP contribution in [0.5, 0.6) is 0 Å². The van der Waals surface area contributed by atoms with E-state index in [-0.39, 0.29) is 27.8 Å². The molecule has 0 N–H and O–H groups in total. The van der Waals surface area contributed by atoms with E-state index in [9.17, 15) is 34.8 Å². The Bertz CT molecular complexity index is 2060. The van der Waals surface area contributed by atoms with Crippen LogP contribution < -0.4 is 0 Å². The number of carbonyl (C=O) groups is 2. The third-order valence-corrected chi connectivity index (χ3v) is 12.9. The summed E-state index contributed by atoms with van der Waals surface area (Å²) in [5.41, 5.74) is 0.449. The van der Waals surface area contributed by atoms with Crippen molar-refractivity contribution in [2.24, 2.45) is 0 Å². The lowest BCUT2D eigenvalue weighted by molar-refractivity contribution is 0.0391. The number of nitrogens with zero attached hydrogens (tertiary/aromatic N) is 3. The zero-order valence-electron chi connectivity index (χ0n) is 32.7. The lowest BCUT2D eigenvalue weighted by atomic mass is 10.2. The van der Waals surface area contributed by atoms with Crippen molar-refractivity contribution in [2.45, 2.75) is 88.2 Å². The highest BCUT2D eigenvalue weighted by Gasteiger charge is 2.34. The summed E-state index contributed by atoms with van der Waals surface area (Å²) in [6.07, 6.45) is 3.26. The maximum atomic E-state index is 13.9. The molecule has 0 unspecified atom stereocenters. The minimum atomic E-state index is -4.37. The van der Waals surface area contributed by atoms with Gasteiger partial charge in [-0.05, 0) is 98.7 Å². The van der Waals surface area contributed by atoms with Crippen molar-refractivity contribution < 1.29 is 44.3 Å². The highest BCUT2D eigenvalue weighted by Crippen LogP contribution is 2.23. The molecule has 0 spiro atoms. The molecule has 16 heteroatoms. The van der Waals surface area contributed by atoms with Crippen LogP contribution >= 0.6 is 0 Å². The largest absolute Gasteiger partial charge is 0.443 e. The molecule has 3 aromatic carbocycles. The standard InChI is InChI=1S/C39H51N3O10S3/c1-30-14-20-33(21-15-30)53(45,46)40(26-10-12-28-41(36(43)51-38(4,5)6)54(47,48)34-22-16-31(2)17-23-34)27-11-13-29-42(37(44)52-39(7,8)9)55(49,50)35-24-18-32(3)19-25-35/h10-25H,26-29H2,1-9H3/b12-10+,13-11+. The third-order valence-electron chi connectivity index (χ3n) is 7.56. The van der Waals surface area contributed by atoms with Gasteiger partial charge in [-0.1, -0.05) is 77.4 Å². The van der Waals surface area contributed by atoms with Gasteiger partial charge in [-0.2, -0.15) is 12.9 Å². The molecule has 13 nitrogen and oxygen atoms in total. The molecule has 3 rings (SSSR count). The van der Waals surface area contributed by atoms with Gasteiger partial charge < -0.3 is 9.47 Å². The molecule has 0 bridgehead atoms. The smallest absolute Gasteiger partial charge is 0.424 e. The summed E-state index contributed by atoms with van der Waals surface area (Å²) in [4.78, 5) is 26.1. The Morgan fingerprint density at radius 2 is 0.727 bits per heavy atom. The van der Waals surface area contributed by atoms with E-state index in [1.54, 1.807) is 91.8 Å². The summed E-state index contributed by atoms with van der Waals surface area (Å²) < 4.78 is 95.1. The summed E-state index contributed by atoms with van der Waals surface area (Å²) in [6.45, 7) is 13.5. The van der Waals surface area contributed by atoms with Gasteiger partial charge in [0.15, 0.2) is 0 Å². The van der Waals surface area contributed by atoms with Crippen LogP contribution in [0.25, 0.3) is 0 Å². The predicted octanol–water partition coefficient (Wildman–Crippen LogP) is 6.97. The van der Waals surface area contributed by atoms with E-state index in [2.05, 4.69) is 0 Å². The Morgan fingerprint density at radius 1 is 0.473 bits per heavy atom. The Hall–Kier alpha value is -4.51. The topological polar surface area (TPSA) is 165 Å². The van der Waals surface area contributed by atoms with Gasteiger partial charge in [-0.25, -0.2) is 34.8 Å². The first-order valence-electron chi connectivity index (χ1n) is 17.4. The van der Waals surface area contributed by atoms with E-state index in [1.165, 1.54) is 60.7 Å². The average molecular weight is 818 g/mol. The molecule has 0 fully saturated rings. The maximum Gasteiger partial charge on any atom is 0.424 e. The molecule has 55 heavy (non-hydrogen) atoms. The fourth-order valence-corrected chi connectivity index (χ4v) is 8.54. The van der Waals surface area contributed by atoms with Crippen molar-refractivity contribution in [3.8, 4) is 0 Å². The van der Waals surface area contributed by atoms with Crippen molar-refractivity contribution in [1.82, 2.24) is 12.9 Å². The number of sulfonamides is 3. The first-order valence-corrected chi connectivity index (χ1v) is 21.7. The summed E-state index contributed by atoms with van der Waals surface area (Å²) in [7, 11) is -12.9. The number of hydrogen-bond acceptors (Lipinski definition) is 10. The van der Waals surface area contributed by atoms with Crippen molar-refractivity contribution >= 4 is 42.3 Å². The molecule has 0 aliphatic rings. The molecule has 0 aliphatic carbocycles. The molecule has 0 aromatic heterocycles. The second-order valence-corrected chi connectivity index (χ2v) is 20.4. The molecule has 3 aromatic rings. The van der Waals surface area contributed by atoms with Crippen LogP contribution in [0.2, 0.25) is 0 Å². The molecule has 0 radical (unpaired) electrons. The fourth-order valence-electron chi connectivity index (χ4n) is 4.70. The number of benzene rings is 3. The van der Waals surface area contributed by atoms with Crippen molar-refractivity contribution in [3.05, 3.63) is 114 Å². The normalized spacial score (nSPS) is 13.0. The second kappa shape index (κ2) is 18.0. The number of amides is 2. The number of rotatable bonds is 14. The van der Waals surface area contributed by atoms with Crippen LogP contribution in [0.3, 0.4) is 0 Å². The summed E-state index contributed by atoms with van der Waals surface area (Å²) in [5, 5.41) is 0. The molecular formula is C39H51N3O10S3. The Kier molecular flexibility index (Phi) is 14.7. The number of aryl methyl sites for hydroxylation is 3. The molecule has 0 heterocycles. The summed E-state index contributed by atoms with van der Waals surface area (Å²) in [6, 6.07) is 18.1. The maximum absolute atomic E-state index is 13.9. The minimum absolute atomic E-state index is 0.0189. The zero-order valence-corrected chi connectivity index (χ0v) is 35.2. The Labute approximate surface area is 326 Å². The lowest BCUT2D eigenvalue weighted by Gasteiger charge is -2.26. The number of hydrogen-bond donors (Lipinski definition) is 0. The van der Waals surface area contributed by atoms with Crippen LogP contribution in [0.15, 0.2) is 112 Å². The van der Waals surface area contributed by atoms with Gasteiger partial charge >= 0.3 is 12.2 Å². The Balaban J connectivity index is 1.94. The molecule has 0 saturated heterocycles. The number of ether oxygens (including phenoxy) is 2. The Morgan fingerprint density at radius 3 is 1.00 bits per heavy atom. The van der Waals surface area contributed by atoms with Crippen molar-refractivity contribution in [3.63, 3.8) is 0 Å². The van der Waals surface area contributed by atoms with E-state index >= 15 is 0 Å². The van der Waals surface area contributed by atoms with Crippen LogP contribution in [0, 0.1) is 20.8 Å². The predicted molar refractivity (Wildman–Crippen MR) is 211 cm³/mol. The van der Waals surface area contributed by atoms with Crippen LogP contribution in [0.4, 0.5) is 9.59 Å². The monoisotopic (exact) mass is 817 g/mol. The highest BCUT2D eigenvalue weighted by molar-refractivity contribution is 7.90. The molecular weight excluding hydrogens is 767 g/mol. The molecule has 0 saturated carbocycles. The molecule has 300 valence electrons. The highest BCUT2D eigenvalue weighted by atomic mass is 32.2. The van der Waals surface area contributed by atoms with Crippen LogP contribution in [-0.4, -0.2) is 87.7 Å². The fraction of sp³-hybridized carbons (Fsp3) is 0.385. The SMILES string of the molecule is Cc1ccc(S(=O)(=O)N(C/C=C/CN(C(=O)OC(C)(C)C)S(=O)(=O)c2ccc(C)cc2)C/C=C/CN(C(=O)OC(C)(C)C)S(=O)(=O)c2ccc(C)cc2)cc1. The van der Waals surface area contributed by atoms with E-state index in [0.717, 1.165) is 21.0 Å². The second-order valence-electron chi connectivity index (χ2n) is 14.7. The molecule has 0 aliphatic heterocycles. The first kappa shape index (κ1) is 44.9. The van der Waals surface area contributed by atoms with Gasteiger partial charge in [0.25, 0.3) is 20.0 Å². The van der Waals surface area contributed by atoms with E-state index in [4.69, 9.17) is 9.47 Å². The van der Waals surface area contributed by atoms with Crippen LogP contribution in [0.1, 0.15) is 58.2 Å². The summed E-state index contributed by atoms with van der Waals surface area (Å²) in [5.74, 6) is 0. The average Bonchev–Trinajstić information content (AvgIpc) is 3.05. The van der Waals surface area contributed by atoms with Gasteiger partial charge in [-0.3, -0.25) is 0 Å². The summed E-state index contributed by atoms with van der Waals surface area (Å²) >= 11 is 0. The lowest BCUT2D eigenvalue weighted by Crippen LogP contribution is -2.41. The van der Waals surface area contributed by atoms with Crippen molar-refractivity contribution in [1.29, 1.82) is 0 Å².